The molecule has 0 saturated heterocycles. The van der Waals surface area contributed by atoms with E-state index < -0.39 is 11.7 Å². The van der Waals surface area contributed by atoms with Crippen molar-refractivity contribution in [3.05, 3.63) is 83.7 Å². The van der Waals surface area contributed by atoms with Crippen LogP contribution in [0.4, 0.5) is 13.2 Å². The molecule has 35 heavy (non-hydrogen) atoms. The van der Waals surface area contributed by atoms with E-state index in [1.165, 1.54) is 12.1 Å². The highest BCUT2D eigenvalue weighted by Gasteiger charge is 2.30. The number of para-hydroxylation sites is 3. The quantitative estimate of drug-likeness (QED) is 0.287. The standard InChI is InChI=1S/C28H25F3N2O2/c1-34-25-12-6-7-19(27(25)35-22-8-2-3-9-22)13-18-26-32-23-10-4-5-11-24(23)33(26)21-16-14-20(15-17-21)28(29,30)31/h4-7,10-18,22H,2-3,8-9H2,1H3. The van der Waals surface area contributed by atoms with Gasteiger partial charge < -0.3 is 9.47 Å². The fraction of sp³-hybridized carbons (Fsp3) is 0.250. The van der Waals surface area contributed by atoms with Crippen LogP contribution < -0.4 is 9.47 Å². The van der Waals surface area contributed by atoms with Crippen LogP contribution in [0.2, 0.25) is 0 Å². The average Bonchev–Trinajstić information content (AvgIpc) is 3.50. The number of methoxy groups -OCH3 is 1. The highest BCUT2D eigenvalue weighted by atomic mass is 19.4. The number of fused-ring (bicyclic) bond motifs is 1. The molecule has 4 nitrogen and oxygen atoms in total. The summed E-state index contributed by atoms with van der Waals surface area (Å²) in [7, 11) is 1.62. The molecule has 0 N–H and O–H groups in total. The minimum atomic E-state index is -4.39. The molecule has 1 aliphatic carbocycles. The van der Waals surface area contributed by atoms with E-state index in [0.29, 0.717) is 23.0 Å². The summed E-state index contributed by atoms with van der Waals surface area (Å²) in [6, 6.07) is 18.4. The topological polar surface area (TPSA) is 36.3 Å². The van der Waals surface area contributed by atoms with Gasteiger partial charge in [0, 0.05) is 11.3 Å². The number of nitrogens with zero attached hydrogens (tertiary/aromatic N) is 2. The molecule has 0 atom stereocenters. The number of aromatic nitrogens is 2. The lowest BCUT2D eigenvalue weighted by Gasteiger charge is -2.18. The van der Waals surface area contributed by atoms with E-state index in [1.54, 1.807) is 7.11 Å². The molecule has 0 spiro atoms. The van der Waals surface area contributed by atoms with Crippen LogP contribution in [0.5, 0.6) is 11.5 Å². The zero-order chi connectivity index (χ0) is 24.4. The van der Waals surface area contributed by atoms with Gasteiger partial charge in [0.1, 0.15) is 5.82 Å². The van der Waals surface area contributed by atoms with E-state index >= 15 is 0 Å². The van der Waals surface area contributed by atoms with Gasteiger partial charge in [0.05, 0.1) is 29.8 Å². The molecule has 3 aromatic carbocycles. The lowest BCUT2D eigenvalue weighted by molar-refractivity contribution is -0.137. The Kier molecular flexibility index (Phi) is 6.24. The Balaban J connectivity index is 1.56. The van der Waals surface area contributed by atoms with Gasteiger partial charge in [-0.3, -0.25) is 4.57 Å². The molecule has 5 rings (SSSR count). The Morgan fingerprint density at radius 2 is 1.66 bits per heavy atom. The molecule has 1 heterocycles. The Morgan fingerprint density at radius 3 is 2.37 bits per heavy atom. The van der Waals surface area contributed by atoms with Crippen molar-refractivity contribution in [3.63, 3.8) is 0 Å². The third-order valence-corrected chi connectivity index (χ3v) is 6.27. The van der Waals surface area contributed by atoms with Crippen LogP contribution in [0.1, 0.15) is 42.6 Å². The van der Waals surface area contributed by atoms with Crippen molar-refractivity contribution in [2.24, 2.45) is 0 Å². The van der Waals surface area contributed by atoms with Gasteiger partial charge in [0.2, 0.25) is 0 Å². The van der Waals surface area contributed by atoms with Gasteiger partial charge in [-0.25, -0.2) is 4.98 Å². The normalized spacial score (nSPS) is 14.7. The Labute approximate surface area is 201 Å². The monoisotopic (exact) mass is 478 g/mol. The second kappa shape index (κ2) is 9.49. The Hall–Kier alpha value is -3.74. The minimum Gasteiger partial charge on any atom is -0.493 e. The number of benzene rings is 3. The average molecular weight is 479 g/mol. The van der Waals surface area contributed by atoms with Crippen molar-refractivity contribution in [2.45, 2.75) is 38.0 Å². The highest BCUT2D eigenvalue weighted by molar-refractivity contribution is 5.83. The number of ether oxygens (including phenoxy) is 2. The molecule has 0 unspecified atom stereocenters. The van der Waals surface area contributed by atoms with Gasteiger partial charge >= 0.3 is 6.18 Å². The SMILES string of the molecule is COc1cccc(C=Cc2nc3ccccc3n2-c2ccc(C(F)(F)F)cc2)c1OC1CCCC1. The number of alkyl halides is 3. The fourth-order valence-corrected chi connectivity index (χ4v) is 4.52. The van der Waals surface area contributed by atoms with Gasteiger partial charge in [0.25, 0.3) is 0 Å². The number of hydrogen-bond acceptors (Lipinski definition) is 3. The molecule has 1 aromatic heterocycles. The molecule has 4 aromatic rings. The zero-order valence-electron chi connectivity index (χ0n) is 19.3. The van der Waals surface area contributed by atoms with Crippen LogP contribution in [0.3, 0.4) is 0 Å². The second-order valence-electron chi connectivity index (χ2n) is 8.58. The summed E-state index contributed by atoms with van der Waals surface area (Å²) in [5, 5.41) is 0. The van der Waals surface area contributed by atoms with E-state index in [-0.39, 0.29) is 6.10 Å². The van der Waals surface area contributed by atoms with Crippen molar-refractivity contribution in [3.8, 4) is 17.2 Å². The number of rotatable bonds is 6. The van der Waals surface area contributed by atoms with Gasteiger partial charge in [0.15, 0.2) is 11.5 Å². The Bertz CT molecular complexity index is 1350. The maximum Gasteiger partial charge on any atom is 0.416 e. The third kappa shape index (κ3) is 4.76. The third-order valence-electron chi connectivity index (χ3n) is 6.27. The molecule has 1 saturated carbocycles. The van der Waals surface area contributed by atoms with E-state index in [2.05, 4.69) is 0 Å². The van der Waals surface area contributed by atoms with Crippen molar-refractivity contribution in [1.82, 2.24) is 9.55 Å². The summed E-state index contributed by atoms with van der Waals surface area (Å²) in [6.45, 7) is 0. The molecule has 0 radical (unpaired) electrons. The van der Waals surface area contributed by atoms with E-state index in [9.17, 15) is 13.2 Å². The summed E-state index contributed by atoms with van der Waals surface area (Å²) in [4.78, 5) is 4.73. The van der Waals surface area contributed by atoms with Gasteiger partial charge in [-0.1, -0.05) is 24.3 Å². The predicted molar refractivity (Wildman–Crippen MR) is 131 cm³/mol. The number of halogens is 3. The molecule has 1 fully saturated rings. The first kappa shape index (κ1) is 23.0. The summed E-state index contributed by atoms with van der Waals surface area (Å²) in [6.07, 6.45) is 3.89. The van der Waals surface area contributed by atoms with Gasteiger partial charge in [-0.15, -0.1) is 0 Å². The maximum atomic E-state index is 13.1. The van der Waals surface area contributed by atoms with E-state index in [0.717, 1.165) is 54.4 Å². The van der Waals surface area contributed by atoms with Crippen molar-refractivity contribution in [2.75, 3.05) is 7.11 Å². The molecular weight excluding hydrogens is 453 g/mol. The minimum absolute atomic E-state index is 0.162. The van der Waals surface area contributed by atoms with Crippen LogP contribution in [-0.4, -0.2) is 22.8 Å². The number of hydrogen-bond donors (Lipinski definition) is 0. The molecule has 7 heteroatoms. The first-order chi connectivity index (χ1) is 16.9. The fourth-order valence-electron chi connectivity index (χ4n) is 4.52. The lowest BCUT2D eigenvalue weighted by Crippen LogP contribution is -2.12. The summed E-state index contributed by atoms with van der Waals surface area (Å²) in [5.74, 6) is 1.95. The smallest absolute Gasteiger partial charge is 0.416 e. The van der Waals surface area contributed by atoms with Crippen LogP contribution in [0.15, 0.2) is 66.7 Å². The van der Waals surface area contributed by atoms with Gasteiger partial charge in [-0.2, -0.15) is 13.2 Å². The van der Waals surface area contributed by atoms with Crippen molar-refractivity contribution < 1.29 is 22.6 Å². The number of imidazole rings is 1. The molecular formula is C28H25F3N2O2. The highest BCUT2D eigenvalue weighted by Crippen LogP contribution is 2.36. The zero-order valence-corrected chi connectivity index (χ0v) is 19.3. The predicted octanol–water partition coefficient (Wildman–Crippen LogP) is 7.54. The van der Waals surface area contributed by atoms with Crippen molar-refractivity contribution >= 4 is 23.2 Å². The summed E-state index contributed by atoms with van der Waals surface area (Å²) in [5.41, 5.74) is 2.31. The first-order valence-electron chi connectivity index (χ1n) is 11.6. The van der Waals surface area contributed by atoms with Crippen molar-refractivity contribution in [1.29, 1.82) is 0 Å². The van der Waals surface area contributed by atoms with Gasteiger partial charge in [-0.05, 0) is 80.3 Å². The lowest BCUT2D eigenvalue weighted by atomic mass is 10.1. The molecule has 0 bridgehead atoms. The van der Waals surface area contributed by atoms with Crippen LogP contribution in [0, 0.1) is 0 Å². The summed E-state index contributed by atoms with van der Waals surface area (Å²) >= 11 is 0. The first-order valence-corrected chi connectivity index (χ1v) is 11.6. The van der Waals surface area contributed by atoms with Crippen LogP contribution >= 0.6 is 0 Å². The molecule has 180 valence electrons. The van der Waals surface area contributed by atoms with Crippen LogP contribution in [0.25, 0.3) is 28.9 Å². The molecule has 0 aliphatic heterocycles. The summed E-state index contributed by atoms with van der Waals surface area (Å²) < 4.78 is 53.0. The van der Waals surface area contributed by atoms with E-state index in [4.69, 9.17) is 14.5 Å². The molecule has 0 amide bonds. The van der Waals surface area contributed by atoms with E-state index in [1.807, 2.05) is 59.2 Å². The van der Waals surface area contributed by atoms with Crippen LogP contribution in [-0.2, 0) is 6.18 Å². The second-order valence-corrected chi connectivity index (χ2v) is 8.58. The largest absolute Gasteiger partial charge is 0.493 e. The Morgan fingerprint density at radius 1 is 0.914 bits per heavy atom. The maximum absolute atomic E-state index is 13.1. The molecule has 1 aliphatic rings.